The first-order valence-corrected chi connectivity index (χ1v) is 8.53. The van der Waals surface area contributed by atoms with Crippen molar-refractivity contribution in [3.63, 3.8) is 0 Å². The zero-order valence-electron chi connectivity index (χ0n) is 14.1. The number of nitrogens with one attached hydrogen (secondary N) is 1. The van der Waals surface area contributed by atoms with Crippen molar-refractivity contribution in [2.45, 2.75) is 18.9 Å². The minimum absolute atomic E-state index is 0.258. The van der Waals surface area contributed by atoms with Gasteiger partial charge in [0, 0.05) is 17.4 Å². The van der Waals surface area contributed by atoms with Crippen molar-refractivity contribution < 1.29 is 14.0 Å². The number of aromatic amines is 1. The molecule has 3 aromatic rings. The Morgan fingerprint density at radius 3 is 2.73 bits per heavy atom. The number of aromatic nitrogens is 1. The van der Waals surface area contributed by atoms with Crippen molar-refractivity contribution >= 4 is 28.5 Å². The molecule has 0 bridgehead atoms. The summed E-state index contributed by atoms with van der Waals surface area (Å²) in [5.41, 5.74) is 1.91. The summed E-state index contributed by atoms with van der Waals surface area (Å²) in [6.07, 6.45) is 0.672. The maximum Gasteiger partial charge on any atom is 0.332 e. The van der Waals surface area contributed by atoms with Gasteiger partial charge in [-0.25, -0.2) is 14.1 Å². The highest BCUT2D eigenvalue weighted by atomic mass is 19.1. The Kier molecular flexibility index (Phi) is 2.88. The van der Waals surface area contributed by atoms with Crippen molar-refractivity contribution in [2.24, 2.45) is 0 Å². The van der Waals surface area contributed by atoms with Gasteiger partial charge in [0.15, 0.2) is 5.54 Å². The summed E-state index contributed by atoms with van der Waals surface area (Å²) in [6, 6.07) is 13.1. The average Bonchev–Trinajstić information content (AvgIpc) is 3.10. The van der Waals surface area contributed by atoms with E-state index >= 15 is 0 Å². The smallest absolute Gasteiger partial charge is 0.332 e. The van der Waals surface area contributed by atoms with Crippen LogP contribution in [0.25, 0.3) is 10.9 Å². The summed E-state index contributed by atoms with van der Waals surface area (Å²) in [6.45, 7) is 2.21. The van der Waals surface area contributed by atoms with Gasteiger partial charge in [0.25, 0.3) is 5.91 Å². The van der Waals surface area contributed by atoms with Crippen LogP contribution in [0.4, 0.5) is 14.9 Å². The molecule has 3 heterocycles. The zero-order valence-corrected chi connectivity index (χ0v) is 14.1. The van der Waals surface area contributed by atoms with E-state index in [9.17, 15) is 14.0 Å². The Labute approximate surface area is 149 Å². The first kappa shape index (κ1) is 15.1. The van der Waals surface area contributed by atoms with Gasteiger partial charge in [0.2, 0.25) is 0 Å². The monoisotopic (exact) mass is 349 g/mol. The zero-order chi connectivity index (χ0) is 18.1. The van der Waals surface area contributed by atoms with Crippen molar-refractivity contribution in [1.29, 1.82) is 0 Å². The molecule has 0 radical (unpaired) electrons. The maximum absolute atomic E-state index is 13.7. The number of anilines is 1. The molecule has 2 aromatic carbocycles. The molecule has 5 rings (SSSR count). The number of fused-ring (bicyclic) bond motifs is 5. The Hall–Kier alpha value is -3.15. The Bertz CT molecular complexity index is 1090. The first-order chi connectivity index (χ1) is 12.5. The fourth-order valence-corrected chi connectivity index (χ4v) is 4.23. The molecule has 1 aromatic heterocycles. The molecule has 0 saturated carbocycles. The number of urea groups is 1. The van der Waals surface area contributed by atoms with Crippen LogP contribution in [0.5, 0.6) is 0 Å². The molecular formula is C20H16FN3O2. The maximum atomic E-state index is 13.7. The second kappa shape index (κ2) is 4.94. The minimum Gasteiger partial charge on any atom is -0.356 e. The fraction of sp³-hybridized carbons (Fsp3) is 0.200. The highest BCUT2D eigenvalue weighted by Crippen LogP contribution is 2.45. The quantitative estimate of drug-likeness (QED) is 0.683. The van der Waals surface area contributed by atoms with E-state index in [1.54, 1.807) is 17.9 Å². The van der Waals surface area contributed by atoms with Gasteiger partial charge in [-0.15, -0.1) is 0 Å². The van der Waals surface area contributed by atoms with Gasteiger partial charge in [-0.3, -0.25) is 4.79 Å². The normalized spacial score (nSPS) is 22.1. The lowest BCUT2D eigenvalue weighted by Gasteiger charge is -2.35. The Morgan fingerprint density at radius 1 is 1.12 bits per heavy atom. The van der Waals surface area contributed by atoms with Gasteiger partial charge in [-0.2, -0.15) is 0 Å². The number of benzene rings is 2. The van der Waals surface area contributed by atoms with Gasteiger partial charge >= 0.3 is 6.03 Å². The van der Waals surface area contributed by atoms with Crippen LogP contribution in [0.15, 0.2) is 48.5 Å². The average molecular weight is 349 g/mol. The molecule has 130 valence electrons. The van der Waals surface area contributed by atoms with Gasteiger partial charge < -0.3 is 9.88 Å². The molecule has 5 nitrogen and oxygen atoms in total. The minimum atomic E-state index is -1.12. The number of H-pyrrole nitrogens is 1. The summed E-state index contributed by atoms with van der Waals surface area (Å²) in [7, 11) is 0. The number of imide groups is 1. The van der Waals surface area contributed by atoms with Crippen LogP contribution in [-0.4, -0.2) is 28.4 Å². The van der Waals surface area contributed by atoms with E-state index in [-0.39, 0.29) is 11.6 Å². The number of para-hydroxylation sites is 1. The van der Waals surface area contributed by atoms with Crippen molar-refractivity contribution in [3.8, 4) is 0 Å². The van der Waals surface area contributed by atoms with Crippen LogP contribution < -0.4 is 4.90 Å². The number of nitrogens with zero attached hydrogens (tertiary/aromatic N) is 2. The van der Waals surface area contributed by atoms with Crippen LogP contribution in [0.2, 0.25) is 0 Å². The molecule has 0 aliphatic carbocycles. The van der Waals surface area contributed by atoms with Crippen LogP contribution >= 0.6 is 0 Å². The molecule has 1 fully saturated rings. The molecule has 26 heavy (non-hydrogen) atoms. The van der Waals surface area contributed by atoms with E-state index in [2.05, 4.69) is 4.98 Å². The summed E-state index contributed by atoms with van der Waals surface area (Å²) in [4.78, 5) is 32.3. The lowest BCUT2D eigenvalue weighted by Crippen LogP contribution is -2.49. The number of hydrogen-bond acceptors (Lipinski definition) is 2. The van der Waals surface area contributed by atoms with E-state index in [1.807, 2.05) is 24.3 Å². The molecule has 3 amide bonds. The number of rotatable bonds is 1. The number of hydrogen-bond donors (Lipinski definition) is 1. The second-order valence-corrected chi connectivity index (χ2v) is 6.90. The predicted octanol–water partition coefficient (Wildman–Crippen LogP) is 3.55. The third-order valence-corrected chi connectivity index (χ3v) is 5.53. The number of carbonyl (C=O) groups excluding carboxylic acids is 2. The molecule has 1 N–H and O–H groups in total. The van der Waals surface area contributed by atoms with Gasteiger partial charge in [-0.1, -0.05) is 24.3 Å². The number of halogens is 1. The largest absolute Gasteiger partial charge is 0.356 e. The van der Waals surface area contributed by atoms with E-state index < -0.39 is 17.4 Å². The molecule has 6 heteroatoms. The second-order valence-electron chi connectivity index (χ2n) is 6.90. The third kappa shape index (κ3) is 1.73. The summed E-state index contributed by atoms with van der Waals surface area (Å²) < 4.78 is 13.7. The molecule has 0 spiro atoms. The van der Waals surface area contributed by atoms with Crippen molar-refractivity contribution in [3.05, 3.63) is 65.6 Å². The van der Waals surface area contributed by atoms with Crippen molar-refractivity contribution in [1.82, 2.24) is 9.88 Å². The number of amides is 3. The Morgan fingerprint density at radius 2 is 1.92 bits per heavy atom. The van der Waals surface area contributed by atoms with Gasteiger partial charge in [0.05, 0.1) is 11.4 Å². The highest BCUT2D eigenvalue weighted by molar-refractivity contribution is 6.23. The predicted molar refractivity (Wildman–Crippen MR) is 95.3 cm³/mol. The van der Waals surface area contributed by atoms with E-state index in [4.69, 9.17) is 0 Å². The number of carbonyl (C=O) groups is 2. The van der Waals surface area contributed by atoms with Crippen LogP contribution in [0.3, 0.4) is 0 Å². The van der Waals surface area contributed by atoms with E-state index in [0.717, 1.165) is 27.1 Å². The first-order valence-electron chi connectivity index (χ1n) is 8.53. The summed E-state index contributed by atoms with van der Waals surface area (Å²) >= 11 is 0. The van der Waals surface area contributed by atoms with Crippen molar-refractivity contribution in [2.75, 3.05) is 11.4 Å². The SMILES string of the molecule is C[C@@]12C(=O)N(c3cccc(F)c3)C(=O)N1CCc1c2[nH]c2ccccc12. The van der Waals surface area contributed by atoms with Crippen LogP contribution in [-0.2, 0) is 16.8 Å². The van der Waals surface area contributed by atoms with E-state index in [0.29, 0.717) is 13.0 Å². The standard InChI is InChI=1S/C20H16FN3O2/c1-20-17-15(14-7-2-3-8-16(14)22-17)9-10-23(20)19(26)24(18(20)25)13-6-4-5-12(21)11-13/h2-8,11,22H,9-10H2,1H3/t20-/m1/s1. The topological polar surface area (TPSA) is 56.4 Å². The molecule has 2 aliphatic heterocycles. The summed E-state index contributed by atoms with van der Waals surface area (Å²) in [5, 5.41) is 1.08. The Balaban J connectivity index is 1.71. The lowest BCUT2D eigenvalue weighted by atomic mass is 9.87. The fourth-order valence-electron chi connectivity index (χ4n) is 4.23. The molecule has 0 unspecified atom stereocenters. The third-order valence-electron chi connectivity index (χ3n) is 5.53. The summed E-state index contributed by atoms with van der Waals surface area (Å²) in [5.74, 6) is -0.843. The van der Waals surface area contributed by atoms with Gasteiger partial charge in [-0.05, 0) is 43.2 Å². The molecule has 1 saturated heterocycles. The molecule has 2 aliphatic rings. The lowest BCUT2D eigenvalue weighted by molar-refractivity contribution is -0.125. The van der Waals surface area contributed by atoms with Gasteiger partial charge in [0.1, 0.15) is 5.82 Å². The van der Waals surface area contributed by atoms with E-state index in [1.165, 1.54) is 18.2 Å². The molecular weight excluding hydrogens is 333 g/mol. The van der Waals surface area contributed by atoms with Crippen LogP contribution in [0.1, 0.15) is 18.2 Å². The molecule has 1 atom stereocenters. The highest BCUT2D eigenvalue weighted by Gasteiger charge is 2.59. The van der Waals surface area contributed by atoms with Crippen LogP contribution in [0, 0.1) is 5.82 Å².